The molecule has 98 valence electrons. The largest absolute Gasteiger partial charge is 2.00 e. The van der Waals surface area contributed by atoms with Crippen LogP contribution in [0.4, 0.5) is 0 Å². The number of hydrogen-bond donors (Lipinski definition) is 0. The molecule has 1 heterocycles. The molecule has 0 spiro atoms. The maximum atomic E-state index is 2.52. The number of halogens is 2. The first-order valence-electron chi connectivity index (χ1n) is 5.42. The van der Waals surface area contributed by atoms with Crippen molar-refractivity contribution in [2.24, 2.45) is 0 Å². The Hall–Kier alpha value is 0.990. The van der Waals surface area contributed by atoms with E-state index in [0.29, 0.717) is 0 Å². The summed E-state index contributed by atoms with van der Waals surface area (Å²) in [6.45, 7) is 9.34. The quantitative estimate of drug-likeness (QED) is 0.499. The minimum atomic E-state index is -1.25. The fraction of sp³-hybridized carbons (Fsp3) is 0.385. The van der Waals surface area contributed by atoms with E-state index in [1.54, 1.807) is 0 Å². The van der Waals surface area contributed by atoms with Gasteiger partial charge in [0.25, 0.3) is 0 Å². The molecular weight excluding hydrogens is 378 g/mol. The van der Waals surface area contributed by atoms with Gasteiger partial charge in [-0.2, -0.15) is 0 Å². The maximum Gasteiger partial charge on any atom is 2.00 e. The van der Waals surface area contributed by atoms with Gasteiger partial charge in [-0.3, -0.25) is 0 Å². The fourth-order valence-corrected chi connectivity index (χ4v) is 7.17. The molecule has 0 bridgehead atoms. The Kier molecular flexibility index (Phi) is 9.84. The van der Waals surface area contributed by atoms with Crippen LogP contribution in [0, 0.1) is 0 Å². The van der Waals surface area contributed by atoms with Crippen molar-refractivity contribution in [1.82, 2.24) is 0 Å². The third-order valence-electron chi connectivity index (χ3n) is 2.79. The summed E-state index contributed by atoms with van der Waals surface area (Å²) in [5.41, 5.74) is 5.44. The first-order valence-corrected chi connectivity index (χ1v) is 9.46. The van der Waals surface area contributed by atoms with Crippen molar-refractivity contribution in [2.45, 2.75) is 31.8 Å². The standard InChI is InChI=1S/C13H18SSi.2ClH.Zr/c1-10(2)9-15(3,4)13-8-11-6-5-7-12(11)14-13;;;/h5-9,13H,1-4H3;2*1H;/q;;;+2/p-2. The van der Waals surface area contributed by atoms with Crippen LogP contribution >= 0.6 is 11.8 Å². The molecule has 5 heteroatoms. The second kappa shape index (κ2) is 8.32. The van der Waals surface area contributed by atoms with Crippen LogP contribution in [0.1, 0.15) is 13.8 Å². The predicted molar refractivity (Wildman–Crippen MR) is 73.6 cm³/mol. The van der Waals surface area contributed by atoms with Crippen LogP contribution in [0.2, 0.25) is 13.1 Å². The van der Waals surface area contributed by atoms with Crippen LogP contribution in [0.3, 0.4) is 0 Å². The Bertz CT molecular complexity index is 407. The minimum Gasteiger partial charge on any atom is -1.00 e. The van der Waals surface area contributed by atoms with Crippen LogP contribution < -0.4 is 24.8 Å². The molecule has 1 aliphatic carbocycles. The van der Waals surface area contributed by atoms with E-state index < -0.39 is 8.07 Å². The van der Waals surface area contributed by atoms with E-state index in [1.165, 1.54) is 16.1 Å². The van der Waals surface area contributed by atoms with Crippen molar-refractivity contribution < 1.29 is 51.0 Å². The average molecular weight is 397 g/mol. The summed E-state index contributed by atoms with van der Waals surface area (Å²) in [6, 6.07) is 0. The van der Waals surface area contributed by atoms with Gasteiger partial charge in [0.2, 0.25) is 0 Å². The molecule has 0 aromatic carbocycles. The fourth-order valence-electron chi connectivity index (χ4n) is 2.19. The van der Waals surface area contributed by atoms with Crippen molar-refractivity contribution in [1.29, 1.82) is 0 Å². The van der Waals surface area contributed by atoms with Crippen LogP contribution in [0.5, 0.6) is 0 Å². The second-order valence-electron chi connectivity index (χ2n) is 5.09. The molecule has 0 amide bonds. The molecular formula is C13H18Cl2SSiZr. The molecule has 0 N–H and O–H groups in total. The zero-order valence-corrected chi connectivity index (χ0v) is 16.9. The van der Waals surface area contributed by atoms with Crippen molar-refractivity contribution in [3.63, 3.8) is 0 Å². The Morgan fingerprint density at radius 2 is 1.89 bits per heavy atom. The number of allylic oxidation sites excluding steroid dienone is 5. The molecule has 0 radical (unpaired) electrons. The van der Waals surface area contributed by atoms with Crippen LogP contribution in [-0.4, -0.2) is 12.9 Å². The SMILES string of the molecule is CC(C)=C[Si](C)(C)C1C=C2C=CC=C2S1.[Cl-].[Cl-].[Zr+2]. The van der Waals surface area contributed by atoms with Gasteiger partial charge < -0.3 is 24.8 Å². The van der Waals surface area contributed by atoms with Crippen molar-refractivity contribution in [3.8, 4) is 0 Å². The van der Waals surface area contributed by atoms with E-state index in [2.05, 4.69) is 68.7 Å². The number of hydrogen-bond acceptors (Lipinski definition) is 1. The molecule has 0 aromatic rings. The van der Waals surface area contributed by atoms with Gasteiger partial charge in [0.15, 0.2) is 0 Å². The smallest absolute Gasteiger partial charge is 1.00 e. The summed E-state index contributed by atoms with van der Waals surface area (Å²) in [7, 11) is -1.25. The maximum absolute atomic E-state index is 2.52. The van der Waals surface area contributed by atoms with E-state index in [9.17, 15) is 0 Å². The van der Waals surface area contributed by atoms with Crippen LogP contribution in [0.25, 0.3) is 0 Å². The Balaban J connectivity index is 0. The number of thioether (sulfide) groups is 1. The Morgan fingerprint density at radius 3 is 2.39 bits per heavy atom. The van der Waals surface area contributed by atoms with Crippen molar-refractivity contribution >= 4 is 19.8 Å². The van der Waals surface area contributed by atoms with Gasteiger partial charge in [0.05, 0.1) is 8.07 Å². The summed E-state index contributed by atoms with van der Waals surface area (Å²) in [6.07, 6.45) is 9.09. The first kappa shape index (κ1) is 21.3. The normalized spacial score (nSPS) is 19.7. The molecule has 1 atom stereocenters. The zero-order valence-electron chi connectivity index (χ0n) is 11.1. The summed E-state index contributed by atoms with van der Waals surface area (Å²) in [5, 5.41) is 0. The van der Waals surface area contributed by atoms with E-state index in [4.69, 9.17) is 0 Å². The van der Waals surface area contributed by atoms with E-state index in [1.807, 2.05) is 0 Å². The minimum absolute atomic E-state index is 0. The number of rotatable bonds is 2. The van der Waals surface area contributed by atoms with Gasteiger partial charge in [0.1, 0.15) is 0 Å². The van der Waals surface area contributed by atoms with Crippen molar-refractivity contribution in [2.75, 3.05) is 0 Å². The summed E-state index contributed by atoms with van der Waals surface area (Å²) >= 11 is 2.05. The Labute approximate surface area is 147 Å². The van der Waals surface area contributed by atoms with Gasteiger partial charge in [-0.05, 0) is 25.5 Å². The van der Waals surface area contributed by atoms with Gasteiger partial charge in [-0.25, -0.2) is 0 Å². The third-order valence-corrected chi connectivity index (χ3v) is 8.93. The molecule has 2 aliphatic rings. The monoisotopic (exact) mass is 394 g/mol. The molecule has 0 fully saturated rings. The molecule has 0 aromatic heterocycles. The molecule has 1 aliphatic heterocycles. The van der Waals surface area contributed by atoms with E-state index in [-0.39, 0.29) is 51.0 Å². The van der Waals surface area contributed by atoms with Crippen molar-refractivity contribution in [3.05, 3.63) is 46.1 Å². The molecule has 0 saturated heterocycles. The molecule has 0 saturated carbocycles. The average Bonchev–Trinajstić information content (AvgIpc) is 2.56. The second-order valence-corrected chi connectivity index (χ2v) is 11.2. The van der Waals surface area contributed by atoms with Gasteiger partial charge in [-0.15, -0.1) is 11.8 Å². The zero-order chi connectivity index (χ0) is 11.1. The third kappa shape index (κ3) is 4.83. The van der Waals surface area contributed by atoms with E-state index in [0.717, 1.165) is 4.87 Å². The molecule has 1 unspecified atom stereocenters. The molecule has 2 rings (SSSR count). The van der Waals surface area contributed by atoms with Crippen LogP contribution in [-0.2, 0) is 26.2 Å². The summed E-state index contributed by atoms with van der Waals surface area (Å²) in [5.74, 6) is 0. The Morgan fingerprint density at radius 1 is 1.28 bits per heavy atom. The topological polar surface area (TPSA) is 0 Å². The van der Waals surface area contributed by atoms with Crippen LogP contribution in [0.15, 0.2) is 46.1 Å². The first-order chi connectivity index (χ1) is 6.99. The molecule has 18 heavy (non-hydrogen) atoms. The van der Waals surface area contributed by atoms with E-state index >= 15 is 0 Å². The predicted octanol–water partition coefficient (Wildman–Crippen LogP) is -1.76. The summed E-state index contributed by atoms with van der Waals surface area (Å²) in [4.78, 5) is 2.20. The summed E-state index contributed by atoms with van der Waals surface area (Å²) < 4.78 is 0. The van der Waals surface area contributed by atoms with Gasteiger partial charge in [-0.1, -0.05) is 42.6 Å². The van der Waals surface area contributed by atoms with Gasteiger partial charge >= 0.3 is 26.2 Å². The molecule has 0 nitrogen and oxygen atoms in total. The van der Waals surface area contributed by atoms with Gasteiger partial charge in [0, 0.05) is 9.78 Å². The number of fused-ring (bicyclic) bond motifs is 1.